The highest BCUT2D eigenvalue weighted by atomic mass is 32.2. The summed E-state index contributed by atoms with van der Waals surface area (Å²) in [7, 11) is -4.23. The fourth-order valence-electron chi connectivity index (χ4n) is 1.73. The van der Waals surface area contributed by atoms with Crippen molar-refractivity contribution in [2.45, 2.75) is 37.4 Å². The van der Waals surface area contributed by atoms with Crippen molar-refractivity contribution in [2.75, 3.05) is 6.54 Å². The zero-order valence-electron chi connectivity index (χ0n) is 11.6. The van der Waals surface area contributed by atoms with Crippen LogP contribution in [0.15, 0.2) is 29.2 Å². The highest BCUT2D eigenvalue weighted by Crippen LogP contribution is 2.24. The van der Waals surface area contributed by atoms with Crippen molar-refractivity contribution < 1.29 is 21.6 Å². The van der Waals surface area contributed by atoms with E-state index in [9.17, 15) is 21.6 Å². The molecule has 0 fully saturated rings. The molecule has 0 unspecified atom stereocenters. The summed E-state index contributed by atoms with van der Waals surface area (Å²) in [4.78, 5) is -0.220. The van der Waals surface area contributed by atoms with Crippen LogP contribution in [0.1, 0.15) is 19.4 Å². The van der Waals surface area contributed by atoms with Gasteiger partial charge in [0, 0.05) is 6.04 Å². The first-order valence-corrected chi connectivity index (χ1v) is 7.56. The monoisotopic (exact) mass is 320 g/mol. The fraction of sp³-hybridized carbons (Fsp3) is 0.462. The summed E-state index contributed by atoms with van der Waals surface area (Å²) in [6.07, 6.45) is -4.51. The minimum absolute atomic E-state index is 0.108. The Labute approximate surface area is 121 Å². The largest absolute Gasteiger partial charge is 0.402 e. The second-order valence-corrected chi connectivity index (χ2v) is 6.63. The Hall–Kier alpha value is -1.59. The molecular formula is C13H15F3N2O2S. The minimum atomic E-state index is -4.61. The van der Waals surface area contributed by atoms with Crippen LogP contribution in [0.5, 0.6) is 0 Å². The fourth-order valence-corrected chi connectivity index (χ4v) is 3.35. The van der Waals surface area contributed by atoms with E-state index in [2.05, 4.69) is 0 Å². The summed E-state index contributed by atoms with van der Waals surface area (Å²) in [5, 5.41) is 8.54. The molecule has 1 aromatic carbocycles. The van der Waals surface area contributed by atoms with Gasteiger partial charge >= 0.3 is 6.18 Å². The zero-order chi connectivity index (χ0) is 16.3. The van der Waals surface area contributed by atoms with Crippen molar-refractivity contribution in [3.8, 4) is 6.07 Å². The highest BCUT2D eigenvalue weighted by Gasteiger charge is 2.38. The van der Waals surface area contributed by atoms with E-state index in [0.29, 0.717) is 9.87 Å². The maximum Gasteiger partial charge on any atom is 0.402 e. The van der Waals surface area contributed by atoms with Crippen molar-refractivity contribution in [2.24, 2.45) is 0 Å². The highest BCUT2D eigenvalue weighted by molar-refractivity contribution is 7.89. The van der Waals surface area contributed by atoms with Gasteiger partial charge in [0.1, 0.15) is 6.54 Å². The molecule has 8 heteroatoms. The van der Waals surface area contributed by atoms with E-state index in [1.807, 2.05) is 6.07 Å². The van der Waals surface area contributed by atoms with E-state index in [1.54, 1.807) is 0 Å². The van der Waals surface area contributed by atoms with Crippen LogP contribution in [0, 0.1) is 11.3 Å². The number of hydrogen-bond donors (Lipinski definition) is 0. The van der Waals surface area contributed by atoms with Crippen molar-refractivity contribution in [1.82, 2.24) is 4.31 Å². The molecule has 0 heterocycles. The van der Waals surface area contributed by atoms with Crippen LogP contribution in [-0.4, -0.2) is 31.5 Å². The maximum atomic E-state index is 12.5. The molecule has 0 aliphatic carbocycles. The molecule has 0 radical (unpaired) electrons. The number of alkyl halides is 3. The third-order valence-corrected chi connectivity index (χ3v) is 4.76. The van der Waals surface area contributed by atoms with Crippen LogP contribution in [0.2, 0.25) is 0 Å². The van der Waals surface area contributed by atoms with Crippen molar-refractivity contribution in [3.05, 3.63) is 29.8 Å². The Balaban J connectivity index is 3.14. The van der Waals surface area contributed by atoms with Gasteiger partial charge in [-0.3, -0.25) is 0 Å². The molecule has 0 amide bonds. The van der Waals surface area contributed by atoms with Gasteiger partial charge in [-0.15, -0.1) is 0 Å². The van der Waals surface area contributed by atoms with Gasteiger partial charge in [0.15, 0.2) is 0 Å². The smallest absolute Gasteiger partial charge is 0.207 e. The predicted octanol–water partition coefficient (Wildman–Crippen LogP) is 2.71. The summed E-state index contributed by atoms with van der Waals surface area (Å²) < 4.78 is 62.6. The summed E-state index contributed by atoms with van der Waals surface area (Å²) in [6.45, 7) is 1.23. The molecule has 0 saturated heterocycles. The quantitative estimate of drug-likeness (QED) is 0.838. The SMILES string of the molecule is CC(C)N(CC(F)(F)F)S(=O)(=O)c1ccc(CC#N)cc1. The van der Waals surface area contributed by atoms with Crippen LogP contribution >= 0.6 is 0 Å². The third-order valence-electron chi connectivity index (χ3n) is 2.72. The van der Waals surface area contributed by atoms with E-state index in [0.717, 1.165) is 0 Å². The summed E-state index contributed by atoms with van der Waals surface area (Å²) >= 11 is 0. The van der Waals surface area contributed by atoms with E-state index in [-0.39, 0.29) is 11.3 Å². The van der Waals surface area contributed by atoms with Gasteiger partial charge in [-0.2, -0.15) is 22.7 Å². The van der Waals surface area contributed by atoms with Crippen LogP contribution < -0.4 is 0 Å². The van der Waals surface area contributed by atoms with E-state index in [4.69, 9.17) is 5.26 Å². The van der Waals surface area contributed by atoms with Gasteiger partial charge in [0.2, 0.25) is 10.0 Å². The Morgan fingerprint density at radius 3 is 2.14 bits per heavy atom. The van der Waals surface area contributed by atoms with Crippen molar-refractivity contribution >= 4 is 10.0 Å². The van der Waals surface area contributed by atoms with Gasteiger partial charge in [0.25, 0.3) is 0 Å². The average Bonchev–Trinajstić information content (AvgIpc) is 2.35. The average molecular weight is 320 g/mol. The van der Waals surface area contributed by atoms with Gasteiger partial charge in [0.05, 0.1) is 17.4 Å². The third kappa shape index (κ3) is 4.72. The molecule has 4 nitrogen and oxygen atoms in total. The topological polar surface area (TPSA) is 61.2 Å². The van der Waals surface area contributed by atoms with Crippen molar-refractivity contribution in [1.29, 1.82) is 5.26 Å². The predicted molar refractivity (Wildman–Crippen MR) is 70.8 cm³/mol. The molecule has 1 rings (SSSR count). The lowest BCUT2D eigenvalue weighted by Gasteiger charge is -2.26. The molecule has 0 spiro atoms. The lowest BCUT2D eigenvalue weighted by molar-refractivity contribution is -0.138. The van der Waals surface area contributed by atoms with Gasteiger partial charge in [-0.25, -0.2) is 8.42 Å². The molecular weight excluding hydrogens is 305 g/mol. The van der Waals surface area contributed by atoms with Crippen LogP contribution in [0.3, 0.4) is 0 Å². The van der Waals surface area contributed by atoms with Crippen LogP contribution in [-0.2, 0) is 16.4 Å². The zero-order valence-corrected chi connectivity index (χ0v) is 12.4. The number of rotatable bonds is 5. The first-order valence-electron chi connectivity index (χ1n) is 6.12. The lowest BCUT2D eigenvalue weighted by Crippen LogP contribution is -2.43. The van der Waals surface area contributed by atoms with Gasteiger partial charge in [-0.05, 0) is 31.5 Å². The Bertz CT molecular complexity index is 616. The normalized spacial score (nSPS) is 12.7. The van der Waals surface area contributed by atoms with E-state index >= 15 is 0 Å². The number of sulfonamides is 1. The first-order chi connectivity index (χ1) is 9.58. The molecule has 21 heavy (non-hydrogen) atoms. The molecule has 0 bridgehead atoms. The van der Waals surface area contributed by atoms with Crippen LogP contribution in [0.4, 0.5) is 13.2 Å². The second kappa shape index (κ2) is 6.45. The lowest BCUT2D eigenvalue weighted by atomic mass is 10.2. The number of benzene rings is 1. The first kappa shape index (κ1) is 17.5. The van der Waals surface area contributed by atoms with E-state index in [1.165, 1.54) is 38.1 Å². The molecule has 0 atom stereocenters. The Morgan fingerprint density at radius 1 is 1.24 bits per heavy atom. The Kier molecular flexibility index (Phi) is 5.36. The molecule has 0 saturated carbocycles. The molecule has 0 N–H and O–H groups in total. The summed E-state index contributed by atoms with van der Waals surface area (Å²) in [6, 6.07) is 6.35. The minimum Gasteiger partial charge on any atom is -0.207 e. The Morgan fingerprint density at radius 2 is 1.76 bits per heavy atom. The summed E-state index contributed by atoms with van der Waals surface area (Å²) in [5.41, 5.74) is 0.600. The maximum absolute atomic E-state index is 12.5. The molecule has 116 valence electrons. The molecule has 1 aromatic rings. The summed E-state index contributed by atoms with van der Waals surface area (Å²) in [5.74, 6) is 0. The second-order valence-electron chi connectivity index (χ2n) is 4.74. The van der Waals surface area contributed by atoms with E-state index < -0.39 is 28.8 Å². The number of halogens is 3. The number of nitriles is 1. The number of hydrogen-bond acceptors (Lipinski definition) is 3. The molecule has 0 aliphatic rings. The standard InChI is InChI=1S/C13H15F3N2O2S/c1-10(2)18(9-13(14,15)16)21(19,20)12-5-3-11(4-6-12)7-8-17/h3-6,10H,7,9H2,1-2H3. The molecule has 0 aliphatic heterocycles. The number of nitrogens with zero attached hydrogens (tertiary/aromatic N) is 2. The molecule has 0 aromatic heterocycles. The van der Waals surface area contributed by atoms with Gasteiger partial charge < -0.3 is 0 Å². The van der Waals surface area contributed by atoms with Crippen LogP contribution in [0.25, 0.3) is 0 Å². The van der Waals surface area contributed by atoms with Crippen molar-refractivity contribution in [3.63, 3.8) is 0 Å². The van der Waals surface area contributed by atoms with Gasteiger partial charge in [-0.1, -0.05) is 12.1 Å².